The number of anilines is 1. The average molecular weight is 323 g/mol. The molecule has 0 saturated carbocycles. The summed E-state index contributed by atoms with van der Waals surface area (Å²) in [5.41, 5.74) is 1.07. The van der Waals surface area contributed by atoms with Gasteiger partial charge in [-0.25, -0.2) is 9.69 Å². The Bertz CT molecular complexity index is 834. The molecule has 1 fully saturated rings. The Morgan fingerprint density at radius 2 is 1.75 bits per heavy atom. The van der Waals surface area contributed by atoms with Crippen LogP contribution in [0, 0.1) is 0 Å². The molecule has 6 heteroatoms. The van der Waals surface area contributed by atoms with E-state index >= 15 is 0 Å². The molecule has 122 valence electrons. The van der Waals surface area contributed by atoms with Crippen LogP contribution in [0.25, 0.3) is 6.08 Å². The van der Waals surface area contributed by atoms with E-state index < -0.39 is 17.8 Å². The SMILES string of the molecule is CC(C)n1ccc(/C=C2/C(=O)NC(=O)N(c3ccccc3)C2=O)c1. The van der Waals surface area contributed by atoms with Gasteiger partial charge in [-0.1, -0.05) is 18.2 Å². The Morgan fingerprint density at radius 1 is 1.04 bits per heavy atom. The Balaban J connectivity index is 1.97. The van der Waals surface area contributed by atoms with Crippen molar-refractivity contribution < 1.29 is 14.4 Å². The van der Waals surface area contributed by atoms with Crippen LogP contribution >= 0.6 is 0 Å². The summed E-state index contributed by atoms with van der Waals surface area (Å²) < 4.78 is 1.97. The Morgan fingerprint density at radius 3 is 2.38 bits per heavy atom. The Kier molecular flexibility index (Phi) is 4.04. The fourth-order valence-corrected chi connectivity index (χ4v) is 2.47. The van der Waals surface area contributed by atoms with Crippen molar-refractivity contribution in [2.24, 2.45) is 0 Å². The lowest BCUT2D eigenvalue weighted by Gasteiger charge is -2.26. The number of nitrogens with one attached hydrogen (secondary N) is 1. The highest BCUT2D eigenvalue weighted by molar-refractivity contribution is 6.39. The van der Waals surface area contributed by atoms with Crippen molar-refractivity contribution in [3.8, 4) is 0 Å². The van der Waals surface area contributed by atoms with Crippen molar-refractivity contribution in [2.45, 2.75) is 19.9 Å². The lowest BCUT2D eigenvalue weighted by molar-refractivity contribution is -0.122. The maximum Gasteiger partial charge on any atom is 0.335 e. The second-order valence-electron chi connectivity index (χ2n) is 5.78. The molecule has 0 spiro atoms. The molecule has 0 bridgehead atoms. The maximum absolute atomic E-state index is 12.7. The number of carbonyl (C=O) groups is 3. The van der Waals surface area contributed by atoms with Crippen LogP contribution in [0.4, 0.5) is 10.5 Å². The fraction of sp³-hybridized carbons (Fsp3) is 0.167. The van der Waals surface area contributed by atoms with Crippen LogP contribution in [-0.2, 0) is 9.59 Å². The fourth-order valence-electron chi connectivity index (χ4n) is 2.47. The Labute approximate surface area is 139 Å². The number of nitrogens with zero attached hydrogens (tertiary/aromatic N) is 2. The van der Waals surface area contributed by atoms with Crippen LogP contribution in [0.2, 0.25) is 0 Å². The normalized spacial score (nSPS) is 16.9. The maximum atomic E-state index is 12.7. The summed E-state index contributed by atoms with van der Waals surface area (Å²) in [5.74, 6) is -1.32. The standard InChI is InChI=1S/C18H17N3O3/c1-12(2)20-9-8-13(11-20)10-15-16(22)19-18(24)21(17(15)23)14-6-4-3-5-7-14/h3-12H,1-2H3,(H,19,22,24)/b15-10-. The minimum Gasteiger partial charge on any atom is -0.351 e. The van der Waals surface area contributed by atoms with Gasteiger partial charge in [-0.15, -0.1) is 0 Å². The van der Waals surface area contributed by atoms with Crippen molar-refractivity contribution in [1.29, 1.82) is 0 Å². The highest BCUT2D eigenvalue weighted by Gasteiger charge is 2.36. The van der Waals surface area contributed by atoms with Gasteiger partial charge in [-0.2, -0.15) is 0 Å². The van der Waals surface area contributed by atoms with Crippen LogP contribution in [-0.4, -0.2) is 22.4 Å². The summed E-state index contributed by atoms with van der Waals surface area (Å²) in [6.45, 7) is 4.07. The van der Waals surface area contributed by atoms with Gasteiger partial charge < -0.3 is 4.57 Å². The first-order valence-corrected chi connectivity index (χ1v) is 7.61. The molecule has 1 saturated heterocycles. The van der Waals surface area contributed by atoms with E-state index in [0.717, 1.165) is 10.5 Å². The quantitative estimate of drug-likeness (QED) is 0.697. The van der Waals surface area contributed by atoms with Crippen molar-refractivity contribution in [3.63, 3.8) is 0 Å². The highest BCUT2D eigenvalue weighted by Crippen LogP contribution is 2.21. The summed E-state index contributed by atoms with van der Waals surface area (Å²) in [6.07, 6.45) is 5.23. The van der Waals surface area contributed by atoms with Gasteiger partial charge in [-0.05, 0) is 43.7 Å². The zero-order chi connectivity index (χ0) is 17.3. The van der Waals surface area contributed by atoms with E-state index in [4.69, 9.17) is 0 Å². The van der Waals surface area contributed by atoms with Crippen molar-refractivity contribution in [3.05, 3.63) is 59.9 Å². The smallest absolute Gasteiger partial charge is 0.335 e. The highest BCUT2D eigenvalue weighted by atomic mass is 16.2. The first kappa shape index (κ1) is 15.7. The topological polar surface area (TPSA) is 71.4 Å². The number of imide groups is 2. The van der Waals surface area contributed by atoms with E-state index in [9.17, 15) is 14.4 Å². The second kappa shape index (κ2) is 6.16. The predicted octanol–water partition coefficient (Wildman–Crippen LogP) is 2.74. The average Bonchev–Trinajstić information content (AvgIpc) is 3.01. The van der Waals surface area contributed by atoms with Crippen molar-refractivity contribution in [2.75, 3.05) is 4.90 Å². The third kappa shape index (κ3) is 2.86. The molecule has 1 aliphatic rings. The van der Waals surface area contributed by atoms with E-state index in [0.29, 0.717) is 5.69 Å². The third-order valence-electron chi connectivity index (χ3n) is 3.76. The van der Waals surface area contributed by atoms with Gasteiger partial charge in [0.25, 0.3) is 11.8 Å². The predicted molar refractivity (Wildman–Crippen MR) is 90.3 cm³/mol. The van der Waals surface area contributed by atoms with E-state index in [1.165, 1.54) is 6.08 Å². The summed E-state index contributed by atoms with van der Waals surface area (Å²) >= 11 is 0. The number of urea groups is 1. The zero-order valence-corrected chi connectivity index (χ0v) is 13.4. The van der Waals surface area contributed by atoms with E-state index in [1.807, 2.05) is 36.9 Å². The molecule has 4 amide bonds. The number of hydrogen-bond donors (Lipinski definition) is 1. The summed E-state index contributed by atoms with van der Waals surface area (Å²) in [4.78, 5) is 37.8. The molecular weight excluding hydrogens is 306 g/mol. The second-order valence-corrected chi connectivity index (χ2v) is 5.78. The molecule has 1 aromatic carbocycles. The van der Waals surface area contributed by atoms with Crippen molar-refractivity contribution >= 4 is 29.6 Å². The van der Waals surface area contributed by atoms with Crippen LogP contribution in [0.3, 0.4) is 0 Å². The third-order valence-corrected chi connectivity index (χ3v) is 3.76. The van der Waals surface area contributed by atoms with Gasteiger partial charge in [0.15, 0.2) is 0 Å². The molecule has 1 aliphatic heterocycles. The molecule has 6 nitrogen and oxygen atoms in total. The lowest BCUT2D eigenvalue weighted by atomic mass is 10.1. The molecule has 2 aromatic rings. The largest absolute Gasteiger partial charge is 0.351 e. The van der Waals surface area contributed by atoms with Crippen LogP contribution in [0.5, 0.6) is 0 Å². The van der Waals surface area contributed by atoms with Gasteiger partial charge in [0.2, 0.25) is 0 Å². The van der Waals surface area contributed by atoms with Crippen LogP contribution in [0.1, 0.15) is 25.5 Å². The van der Waals surface area contributed by atoms with Gasteiger partial charge in [0.05, 0.1) is 5.69 Å². The first-order chi connectivity index (χ1) is 11.5. The summed E-state index contributed by atoms with van der Waals surface area (Å²) in [7, 11) is 0. The zero-order valence-electron chi connectivity index (χ0n) is 13.4. The van der Waals surface area contributed by atoms with Crippen molar-refractivity contribution in [1.82, 2.24) is 9.88 Å². The molecule has 0 radical (unpaired) electrons. The molecule has 3 rings (SSSR count). The molecule has 0 unspecified atom stereocenters. The van der Waals surface area contributed by atoms with Crippen LogP contribution in [0.15, 0.2) is 54.4 Å². The Hall–Kier alpha value is -3.15. The van der Waals surface area contributed by atoms with Gasteiger partial charge in [0.1, 0.15) is 5.57 Å². The lowest BCUT2D eigenvalue weighted by Crippen LogP contribution is -2.54. The molecular formula is C18H17N3O3. The summed E-state index contributed by atoms with van der Waals surface area (Å²) in [5, 5.41) is 2.21. The number of para-hydroxylation sites is 1. The molecule has 1 N–H and O–H groups in total. The minimum atomic E-state index is -0.742. The van der Waals surface area contributed by atoms with Crippen LogP contribution < -0.4 is 10.2 Å². The van der Waals surface area contributed by atoms with E-state index in [-0.39, 0.29) is 11.6 Å². The molecule has 2 heterocycles. The number of benzene rings is 1. The molecule has 0 atom stereocenters. The number of hydrogen-bond acceptors (Lipinski definition) is 3. The first-order valence-electron chi connectivity index (χ1n) is 7.61. The van der Waals surface area contributed by atoms with Gasteiger partial charge in [0, 0.05) is 18.4 Å². The molecule has 1 aromatic heterocycles. The number of carbonyl (C=O) groups excluding carboxylic acids is 3. The number of rotatable bonds is 3. The van der Waals surface area contributed by atoms with Gasteiger partial charge in [-0.3, -0.25) is 14.9 Å². The monoisotopic (exact) mass is 323 g/mol. The van der Waals surface area contributed by atoms with Gasteiger partial charge >= 0.3 is 6.03 Å². The molecule has 0 aliphatic carbocycles. The van der Waals surface area contributed by atoms with E-state index in [1.54, 1.807) is 30.3 Å². The number of aromatic nitrogens is 1. The number of amides is 4. The number of barbiturate groups is 1. The minimum absolute atomic E-state index is 0.0695. The summed E-state index contributed by atoms with van der Waals surface area (Å²) in [6, 6.07) is 9.85. The van der Waals surface area contributed by atoms with E-state index in [2.05, 4.69) is 5.32 Å². The molecule has 24 heavy (non-hydrogen) atoms.